The van der Waals surface area contributed by atoms with Crippen molar-refractivity contribution in [3.8, 4) is 0 Å². The van der Waals surface area contributed by atoms with Gasteiger partial charge in [-0.15, -0.1) is 11.3 Å². The first kappa shape index (κ1) is 18.7. The van der Waals surface area contributed by atoms with E-state index in [1.165, 1.54) is 15.6 Å². The molecular formula is C20H25N9S. The van der Waals surface area contributed by atoms with Gasteiger partial charge in [-0.3, -0.25) is 0 Å². The van der Waals surface area contributed by atoms with Gasteiger partial charge in [0.25, 0.3) is 0 Å². The quantitative estimate of drug-likeness (QED) is 0.425. The summed E-state index contributed by atoms with van der Waals surface area (Å²) in [7, 11) is 0. The van der Waals surface area contributed by atoms with E-state index in [2.05, 4.69) is 79.5 Å². The van der Waals surface area contributed by atoms with Crippen molar-refractivity contribution in [3.05, 3.63) is 52.6 Å². The molecule has 0 saturated carbocycles. The summed E-state index contributed by atoms with van der Waals surface area (Å²) in [5.74, 6) is 2.97. The van der Waals surface area contributed by atoms with Crippen LogP contribution in [0.3, 0.4) is 0 Å². The molecule has 0 spiro atoms. The Morgan fingerprint density at radius 2 is 2.20 bits per heavy atom. The Labute approximate surface area is 178 Å². The zero-order valence-corrected chi connectivity index (χ0v) is 17.8. The molecule has 0 fully saturated rings. The number of nitrogen functional groups attached to an aromatic ring is 1. The van der Waals surface area contributed by atoms with Crippen LogP contribution in [0.25, 0.3) is 10.1 Å². The predicted molar refractivity (Wildman–Crippen MR) is 120 cm³/mol. The Kier molecular flexibility index (Phi) is 4.70. The van der Waals surface area contributed by atoms with Crippen molar-refractivity contribution in [2.75, 3.05) is 18.9 Å². The van der Waals surface area contributed by atoms with Crippen LogP contribution >= 0.6 is 11.3 Å². The second kappa shape index (κ2) is 7.52. The minimum absolute atomic E-state index is 0.150. The van der Waals surface area contributed by atoms with Gasteiger partial charge in [0.1, 0.15) is 17.7 Å². The minimum atomic E-state index is -0.150. The van der Waals surface area contributed by atoms with Gasteiger partial charge in [-0.2, -0.15) is 10.1 Å². The number of fused-ring (bicyclic) bond motifs is 1. The van der Waals surface area contributed by atoms with Gasteiger partial charge in [-0.05, 0) is 30.7 Å². The van der Waals surface area contributed by atoms with E-state index < -0.39 is 0 Å². The summed E-state index contributed by atoms with van der Waals surface area (Å²) < 4.78 is 1.27. The number of rotatable bonds is 5. The van der Waals surface area contributed by atoms with Crippen LogP contribution in [0.2, 0.25) is 0 Å². The van der Waals surface area contributed by atoms with E-state index in [0.717, 1.165) is 24.0 Å². The van der Waals surface area contributed by atoms with Crippen LogP contribution in [0, 0.1) is 0 Å². The molecule has 6 N–H and O–H groups in total. The Balaban J connectivity index is 1.44. The molecular weight excluding hydrogens is 398 g/mol. The number of thiophene rings is 1. The first-order valence-corrected chi connectivity index (χ1v) is 10.9. The molecule has 2 aromatic heterocycles. The molecule has 156 valence electrons. The highest BCUT2D eigenvalue weighted by molar-refractivity contribution is 7.17. The van der Waals surface area contributed by atoms with E-state index in [-0.39, 0.29) is 6.17 Å². The summed E-state index contributed by atoms with van der Waals surface area (Å²) in [5.41, 5.74) is 7.82. The van der Waals surface area contributed by atoms with Gasteiger partial charge >= 0.3 is 0 Å². The summed E-state index contributed by atoms with van der Waals surface area (Å²) in [6.45, 7) is 5.81. The highest BCUT2D eigenvalue weighted by Gasteiger charge is 2.33. The number of nitrogens with one attached hydrogen (secondary N) is 4. The zero-order chi connectivity index (χ0) is 20.7. The van der Waals surface area contributed by atoms with Crippen LogP contribution in [-0.4, -0.2) is 45.2 Å². The predicted octanol–water partition coefficient (Wildman–Crippen LogP) is 1.87. The molecule has 9 nitrogen and oxygen atoms in total. The van der Waals surface area contributed by atoms with Crippen molar-refractivity contribution in [2.45, 2.75) is 32.5 Å². The summed E-state index contributed by atoms with van der Waals surface area (Å²) in [4.78, 5) is 11.5. The lowest BCUT2D eigenvalue weighted by atomic mass is 10.1. The summed E-state index contributed by atoms with van der Waals surface area (Å²) in [6.07, 6.45) is 0.505. The van der Waals surface area contributed by atoms with Crippen molar-refractivity contribution in [1.29, 1.82) is 0 Å². The lowest BCUT2D eigenvalue weighted by molar-refractivity contribution is 0.274. The number of aliphatic imine (C=N–C) groups is 1. The van der Waals surface area contributed by atoms with Crippen molar-refractivity contribution >= 4 is 33.2 Å². The average molecular weight is 424 g/mol. The summed E-state index contributed by atoms with van der Waals surface area (Å²) >= 11 is 1.75. The molecule has 1 aromatic carbocycles. The third-order valence-electron chi connectivity index (χ3n) is 5.34. The van der Waals surface area contributed by atoms with Crippen LogP contribution < -0.4 is 21.7 Å². The third-order valence-corrected chi connectivity index (χ3v) is 6.32. The van der Waals surface area contributed by atoms with E-state index >= 15 is 0 Å². The molecule has 0 amide bonds. The molecule has 0 saturated heterocycles. The molecule has 2 aliphatic rings. The summed E-state index contributed by atoms with van der Waals surface area (Å²) in [6, 6.07) is 8.84. The number of aromatic nitrogens is 3. The lowest BCUT2D eigenvalue weighted by Gasteiger charge is -2.31. The number of amidine groups is 1. The Hall–Kier alpha value is -3.27. The van der Waals surface area contributed by atoms with Gasteiger partial charge in [0, 0.05) is 29.3 Å². The van der Waals surface area contributed by atoms with Crippen molar-refractivity contribution in [3.63, 3.8) is 0 Å². The van der Waals surface area contributed by atoms with Gasteiger partial charge < -0.3 is 26.6 Å². The Morgan fingerprint density at radius 1 is 1.33 bits per heavy atom. The molecule has 0 aliphatic carbocycles. The van der Waals surface area contributed by atoms with E-state index in [1.54, 1.807) is 11.3 Å². The Morgan fingerprint density at radius 3 is 3.00 bits per heavy atom. The van der Waals surface area contributed by atoms with Crippen molar-refractivity contribution < 1.29 is 0 Å². The fraction of sp³-hybridized carbons (Fsp3) is 0.350. The lowest BCUT2D eigenvalue weighted by Crippen LogP contribution is -2.40. The van der Waals surface area contributed by atoms with Crippen LogP contribution in [0.4, 0.5) is 5.95 Å². The average Bonchev–Trinajstić information content (AvgIpc) is 3.45. The number of nitrogens with zero attached hydrogens (tertiary/aromatic N) is 4. The topological polar surface area (TPSA) is 119 Å². The van der Waals surface area contributed by atoms with Crippen molar-refractivity contribution in [2.24, 2.45) is 4.99 Å². The Bertz CT molecular complexity index is 1130. The largest absolute Gasteiger partial charge is 0.368 e. The number of H-pyrrole nitrogens is 1. The molecule has 5 rings (SSSR count). The van der Waals surface area contributed by atoms with E-state index in [9.17, 15) is 0 Å². The maximum atomic E-state index is 5.62. The second-order valence-corrected chi connectivity index (χ2v) is 8.56. The number of nitrogens with two attached hydrogens (primary N) is 1. The van der Waals surface area contributed by atoms with Gasteiger partial charge in [0.2, 0.25) is 5.95 Å². The van der Waals surface area contributed by atoms with E-state index in [4.69, 9.17) is 10.7 Å². The first-order valence-electron chi connectivity index (χ1n) is 10.1. The van der Waals surface area contributed by atoms with E-state index in [0.29, 0.717) is 30.8 Å². The highest BCUT2D eigenvalue weighted by atomic mass is 32.1. The van der Waals surface area contributed by atoms with Gasteiger partial charge in [0.15, 0.2) is 11.7 Å². The fourth-order valence-electron chi connectivity index (χ4n) is 3.82. The van der Waals surface area contributed by atoms with Crippen LogP contribution in [-0.2, 0) is 6.42 Å². The molecule has 10 heteroatoms. The number of hydrogen-bond donors (Lipinski definition) is 5. The first-order chi connectivity index (χ1) is 14.6. The standard InChI is InChI=1S/C20H25N9S/c1-11(2)29-10-23-16-18(22-8-7-15-24-20(21)28-27-15)25-17(26-19(16)29)13-9-30-14-6-4-3-5-12(13)14/h3-6,9,11,17,23,26H,7-8,10H2,1-2H3,(H,22,25)(H3,21,24,27,28). The maximum Gasteiger partial charge on any atom is 0.216 e. The molecule has 3 aromatic rings. The van der Waals surface area contributed by atoms with Gasteiger partial charge in [-0.25, -0.2) is 10.1 Å². The molecule has 4 heterocycles. The highest BCUT2D eigenvalue weighted by Crippen LogP contribution is 2.34. The second-order valence-electron chi connectivity index (χ2n) is 7.65. The molecule has 1 unspecified atom stereocenters. The van der Waals surface area contributed by atoms with Gasteiger partial charge in [-0.1, -0.05) is 18.2 Å². The number of anilines is 1. The smallest absolute Gasteiger partial charge is 0.216 e. The molecule has 1 atom stereocenters. The minimum Gasteiger partial charge on any atom is -0.368 e. The molecule has 0 bridgehead atoms. The van der Waals surface area contributed by atoms with Gasteiger partial charge in [0.05, 0.1) is 6.67 Å². The van der Waals surface area contributed by atoms with Crippen molar-refractivity contribution in [1.82, 2.24) is 36.0 Å². The number of hydrogen-bond acceptors (Lipinski definition) is 9. The monoisotopic (exact) mass is 423 g/mol. The number of aromatic amines is 1. The normalized spacial score (nSPS) is 18.4. The number of benzene rings is 1. The van der Waals surface area contributed by atoms with Crippen LogP contribution in [0.5, 0.6) is 0 Å². The SMILES string of the molecule is CC(C)N1CNC2=C1NC(c1csc3ccccc13)N=C2NCCc1n[nH]c(N)n1. The van der Waals surface area contributed by atoms with Crippen LogP contribution in [0.15, 0.2) is 46.2 Å². The van der Waals surface area contributed by atoms with Crippen LogP contribution in [0.1, 0.15) is 31.4 Å². The maximum absolute atomic E-state index is 5.62. The molecule has 0 radical (unpaired) electrons. The summed E-state index contributed by atoms with van der Waals surface area (Å²) in [5, 5.41) is 20.9. The zero-order valence-electron chi connectivity index (χ0n) is 16.9. The third kappa shape index (κ3) is 3.32. The van der Waals surface area contributed by atoms with E-state index in [1.807, 2.05) is 0 Å². The molecule has 2 aliphatic heterocycles. The fourth-order valence-corrected chi connectivity index (χ4v) is 4.80. The molecule has 30 heavy (non-hydrogen) atoms.